The van der Waals surface area contributed by atoms with Crippen molar-refractivity contribution in [3.05, 3.63) is 13.3 Å². The molecule has 1 radical (unpaired) electrons. The highest BCUT2D eigenvalue weighted by atomic mass is 13.6. The fourth-order valence-corrected chi connectivity index (χ4v) is 0. The fourth-order valence-electron chi connectivity index (χ4n) is 0. The van der Waals surface area contributed by atoms with Gasteiger partial charge >= 0.3 is 0 Å². The SMILES string of the molecule is [CH2]C[CH+]C. The number of hydrogen-bond donors (Lipinski definition) is 0. The van der Waals surface area contributed by atoms with E-state index in [0.29, 0.717) is 0 Å². The standard InChI is InChI=1S/C4H8/c1-3-4-2/h4H,1,3H2,2H3/q+1. The normalized spacial score (nSPS) is 6.50. The van der Waals surface area contributed by atoms with E-state index < -0.39 is 0 Å². The molecule has 0 rings (SSSR count). The summed E-state index contributed by atoms with van der Waals surface area (Å²) in [5, 5.41) is 0. The maximum absolute atomic E-state index is 3.55. The van der Waals surface area contributed by atoms with Gasteiger partial charge in [-0.3, -0.25) is 0 Å². The van der Waals surface area contributed by atoms with Gasteiger partial charge < -0.3 is 0 Å². The first-order valence-corrected chi connectivity index (χ1v) is 1.49. The van der Waals surface area contributed by atoms with E-state index in [0.717, 1.165) is 6.42 Å². The van der Waals surface area contributed by atoms with Crippen molar-refractivity contribution < 1.29 is 0 Å². The highest BCUT2D eigenvalue weighted by Crippen LogP contribution is 1.73. The zero-order valence-corrected chi connectivity index (χ0v) is 2.99. The van der Waals surface area contributed by atoms with Crippen LogP contribution in [0, 0.1) is 13.3 Å². The molecule has 23 valence electrons. The summed E-state index contributed by atoms with van der Waals surface area (Å²) in [6, 6.07) is 0. The predicted octanol–water partition coefficient (Wildman–Crippen LogP) is 1.43. The molecule has 0 aliphatic carbocycles. The van der Waals surface area contributed by atoms with Gasteiger partial charge in [0.05, 0.1) is 19.8 Å². The molecule has 0 saturated heterocycles. The van der Waals surface area contributed by atoms with E-state index in [4.69, 9.17) is 0 Å². The van der Waals surface area contributed by atoms with E-state index in [1.54, 1.807) is 0 Å². The number of unbranched alkanes of at least 4 members (excludes halogenated alkanes) is 1. The van der Waals surface area contributed by atoms with Crippen molar-refractivity contribution in [1.82, 2.24) is 0 Å². The molecule has 0 aliphatic rings. The van der Waals surface area contributed by atoms with Crippen LogP contribution in [0.3, 0.4) is 0 Å². The van der Waals surface area contributed by atoms with Crippen molar-refractivity contribution in [2.24, 2.45) is 0 Å². The highest BCUT2D eigenvalue weighted by molar-refractivity contribution is 4.53. The van der Waals surface area contributed by atoms with Crippen LogP contribution in [0.4, 0.5) is 0 Å². The van der Waals surface area contributed by atoms with Crippen molar-refractivity contribution >= 4 is 0 Å². The van der Waals surface area contributed by atoms with Gasteiger partial charge in [0.15, 0.2) is 0 Å². The molecular weight excluding hydrogens is 48.0 g/mol. The second-order valence-corrected chi connectivity index (χ2v) is 0.697. The summed E-state index contributed by atoms with van der Waals surface area (Å²) < 4.78 is 0. The molecule has 0 nitrogen and oxygen atoms in total. The third kappa shape index (κ3) is 1.87. The Morgan fingerprint density at radius 3 is 2.25 bits per heavy atom. The Morgan fingerprint density at radius 2 is 2.25 bits per heavy atom. The summed E-state index contributed by atoms with van der Waals surface area (Å²) in [6.45, 7) is 5.54. The molecule has 0 aromatic carbocycles. The summed E-state index contributed by atoms with van der Waals surface area (Å²) in [7, 11) is 0. The zero-order valence-electron chi connectivity index (χ0n) is 2.99. The molecule has 0 bridgehead atoms. The summed E-state index contributed by atoms with van der Waals surface area (Å²) in [5.74, 6) is 0. The van der Waals surface area contributed by atoms with Gasteiger partial charge in [-0.25, -0.2) is 0 Å². The van der Waals surface area contributed by atoms with Crippen LogP contribution in [0.1, 0.15) is 13.3 Å². The second kappa shape index (κ2) is 2.87. The molecule has 0 unspecified atom stereocenters. The lowest BCUT2D eigenvalue weighted by Gasteiger charge is -1.55. The highest BCUT2D eigenvalue weighted by Gasteiger charge is 1.69. The lowest BCUT2D eigenvalue weighted by Crippen LogP contribution is -1.51. The lowest BCUT2D eigenvalue weighted by atomic mass is 10.4. The first kappa shape index (κ1) is 3.87. The van der Waals surface area contributed by atoms with Crippen LogP contribution in [0.5, 0.6) is 0 Å². The van der Waals surface area contributed by atoms with Crippen molar-refractivity contribution in [2.75, 3.05) is 0 Å². The van der Waals surface area contributed by atoms with Crippen molar-refractivity contribution in [3.8, 4) is 0 Å². The van der Waals surface area contributed by atoms with E-state index in [2.05, 4.69) is 6.92 Å². The van der Waals surface area contributed by atoms with E-state index >= 15 is 0 Å². The van der Waals surface area contributed by atoms with Crippen LogP contribution >= 0.6 is 0 Å². The average Bonchev–Trinajstić information content (AvgIpc) is 1.37. The first-order chi connectivity index (χ1) is 1.91. The molecular formula is C4H8+. The Bertz CT molecular complexity index is 2.00. The molecule has 0 heterocycles. The molecule has 0 fully saturated rings. The number of rotatable bonds is 1. The Kier molecular flexibility index (Phi) is 2.78. The van der Waals surface area contributed by atoms with Gasteiger partial charge in [0.1, 0.15) is 0 Å². The largest absolute Gasteiger partial charge is 0.0874 e. The van der Waals surface area contributed by atoms with Crippen LogP contribution < -0.4 is 0 Å². The maximum Gasteiger partial charge on any atom is 0.0874 e. The molecule has 0 N–H and O–H groups in total. The van der Waals surface area contributed by atoms with Gasteiger partial charge in [-0.15, -0.1) is 0 Å². The fraction of sp³-hybridized carbons (Fsp3) is 0.500. The van der Waals surface area contributed by atoms with Crippen LogP contribution in [-0.4, -0.2) is 0 Å². The van der Waals surface area contributed by atoms with Gasteiger partial charge in [0, 0.05) is 0 Å². The molecule has 0 saturated carbocycles. The molecule has 0 heteroatoms. The van der Waals surface area contributed by atoms with Gasteiger partial charge in [-0.2, -0.15) is 0 Å². The van der Waals surface area contributed by atoms with Gasteiger partial charge in [0.25, 0.3) is 0 Å². The van der Waals surface area contributed by atoms with Crippen molar-refractivity contribution in [3.63, 3.8) is 0 Å². The lowest BCUT2D eigenvalue weighted by molar-refractivity contribution is 1.21. The zero-order chi connectivity index (χ0) is 3.41. The van der Waals surface area contributed by atoms with E-state index in [9.17, 15) is 0 Å². The van der Waals surface area contributed by atoms with Gasteiger partial charge in [0.2, 0.25) is 0 Å². The third-order valence-corrected chi connectivity index (χ3v) is 0.289. The maximum atomic E-state index is 3.55. The molecule has 0 spiro atoms. The smallest absolute Gasteiger partial charge is 0.00846 e. The summed E-state index contributed by atoms with van der Waals surface area (Å²) in [4.78, 5) is 0. The molecule has 0 aromatic rings. The third-order valence-electron chi connectivity index (χ3n) is 0.289. The molecule has 4 heavy (non-hydrogen) atoms. The first-order valence-electron chi connectivity index (χ1n) is 1.49. The van der Waals surface area contributed by atoms with Crippen LogP contribution in [0.25, 0.3) is 0 Å². The van der Waals surface area contributed by atoms with Crippen LogP contribution in [0.2, 0.25) is 0 Å². The molecule has 0 atom stereocenters. The van der Waals surface area contributed by atoms with E-state index in [-0.39, 0.29) is 0 Å². The minimum atomic E-state index is 0.944. The predicted molar refractivity (Wildman–Crippen MR) is 19.9 cm³/mol. The minimum absolute atomic E-state index is 0.944. The Hall–Kier alpha value is -0.130. The monoisotopic (exact) mass is 56.1 g/mol. The van der Waals surface area contributed by atoms with Crippen molar-refractivity contribution in [1.29, 1.82) is 0 Å². The van der Waals surface area contributed by atoms with Gasteiger partial charge in [-0.05, 0) is 6.92 Å². The average molecular weight is 56.1 g/mol. The second-order valence-electron chi connectivity index (χ2n) is 0.697. The molecule has 0 aliphatic heterocycles. The Balaban J connectivity index is 1.97. The van der Waals surface area contributed by atoms with E-state index in [1.807, 2.05) is 13.3 Å². The minimum Gasteiger partial charge on any atom is -0.00846 e. The molecule has 0 aromatic heterocycles. The topological polar surface area (TPSA) is 0 Å². The Morgan fingerprint density at radius 1 is 2.00 bits per heavy atom. The van der Waals surface area contributed by atoms with E-state index in [1.165, 1.54) is 0 Å². The molecule has 0 amide bonds. The quantitative estimate of drug-likeness (QED) is 0.399. The summed E-state index contributed by atoms with van der Waals surface area (Å²) in [6.07, 6.45) is 2.96. The van der Waals surface area contributed by atoms with Crippen LogP contribution in [0.15, 0.2) is 0 Å². The summed E-state index contributed by atoms with van der Waals surface area (Å²) in [5.41, 5.74) is 0. The Labute approximate surface area is 27.8 Å². The van der Waals surface area contributed by atoms with Crippen LogP contribution in [-0.2, 0) is 0 Å². The van der Waals surface area contributed by atoms with Gasteiger partial charge in [-0.1, -0.05) is 0 Å². The van der Waals surface area contributed by atoms with Crippen molar-refractivity contribution in [2.45, 2.75) is 13.3 Å². The summed E-state index contributed by atoms with van der Waals surface area (Å²) >= 11 is 0. The number of hydrogen-bond acceptors (Lipinski definition) is 0.